The maximum Gasteiger partial charge on any atom is 0.251 e. The summed E-state index contributed by atoms with van der Waals surface area (Å²) in [5, 5.41) is 10.9. The Balaban J connectivity index is 1.64. The van der Waals surface area contributed by atoms with E-state index in [1.807, 2.05) is 54.9 Å². The molecule has 0 radical (unpaired) electrons. The minimum atomic E-state index is -0.693. The van der Waals surface area contributed by atoms with E-state index in [0.717, 1.165) is 17.0 Å². The summed E-state index contributed by atoms with van der Waals surface area (Å²) in [6.07, 6.45) is 0.401. The molecule has 6 nitrogen and oxygen atoms in total. The summed E-state index contributed by atoms with van der Waals surface area (Å²) in [6.45, 7) is 7.25. The molecular formula is C25H29ClN4O2. The van der Waals surface area contributed by atoms with E-state index in [-0.39, 0.29) is 17.7 Å². The summed E-state index contributed by atoms with van der Waals surface area (Å²) in [7, 11) is 0. The standard InChI is InChI=1S/C25H29ClN4O2/c1-17(16-30-19(3)13-18(2)29-30)15-27-25(32)23(14-20-7-5-4-6-8-20)28-24(31)21-9-11-22(26)12-10-21/h4-13,17,23H,14-16H2,1-3H3,(H,27,32)(H,28,31). The van der Waals surface area contributed by atoms with Gasteiger partial charge in [0.05, 0.1) is 5.69 Å². The number of nitrogens with one attached hydrogen (secondary N) is 2. The van der Waals surface area contributed by atoms with E-state index in [1.165, 1.54) is 0 Å². The van der Waals surface area contributed by atoms with Gasteiger partial charge in [0.15, 0.2) is 0 Å². The second-order valence-corrected chi connectivity index (χ2v) is 8.62. The van der Waals surface area contributed by atoms with Gasteiger partial charge in [-0.1, -0.05) is 48.9 Å². The van der Waals surface area contributed by atoms with Crippen molar-refractivity contribution in [1.82, 2.24) is 20.4 Å². The number of hydrogen-bond acceptors (Lipinski definition) is 3. The van der Waals surface area contributed by atoms with Crippen LogP contribution in [-0.4, -0.2) is 34.2 Å². The Hall–Kier alpha value is -3.12. The van der Waals surface area contributed by atoms with Crippen LogP contribution in [0.5, 0.6) is 0 Å². The van der Waals surface area contributed by atoms with Crippen molar-refractivity contribution < 1.29 is 9.59 Å². The normalized spacial score (nSPS) is 12.8. The molecule has 2 N–H and O–H groups in total. The van der Waals surface area contributed by atoms with E-state index in [2.05, 4.69) is 22.7 Å². The average molecular weight is 453 g/mol. The highest BCUT2D eigenvalue weighted by molar-refractivity contribution is 6.30. The number of halogens is 1. The zero-order chi connectivity index (χ0) is 23.1. The number of amides is 2. The number of carbonyl (C=O) groups is 2. The predicted molar refractivity (Wildman–Crippen MR) is 127 cm³/mol. The third kappa shape index (κ3) is 6.69. The Morgan fingerprint density at radius 1 is 1.06 bits per heavy atom. The lowest BCUT2D eigenvalue weighted by Gasteiger charge is -2.20. The smallest absolute Gasteiger partial charge is 0.251 e. The van der Waals surface area contributed by atoms with Crippen LogP contribution in [0, 0.1) is 19.8 Å². The quantitative estimate of drug-likeness (QED) is 0.516. The van der Waals surface area contributed by atoms with E-state index in [0.29, 0.717) is 30.1 Å². The molecule has 168 valence electrons. The Labute approximate surface area is 194 Å². The molecule has 3 aromatic rings. The van der Waals surface area contributed by atoms with Crippen molar-refractivity contribution in [2.45, 2.75) is 39.8 Å². The summed E-state index contributed by atoms with van der Waals surface area (Å²) in [5.74, 6) is -0.342. The molecule has 0 aliphatic carbocycles. The molecule has 7 heteroatoms. The molecule has 1 aromatic heterocycles. The molecule has 2 aromatic carbocycles. The predicted octanol–water partition coefficient (Wildman–Crippen LogP) is 3.95. The first-order valence-electron chi connectivity index (χ1n) is 10.7. The van der Waals surface area contributed by atoms with Crippen LogP contribution < -0.4 is 10.6 Å². The largest absolute Gasteiger partial charge is 0.354 e. The van der Waals surface area contributed by atoms with Gasteiger partial charge in [-0.05, 0) is 55.7 Å². The lowest BCUT2D eigenvalue weighted by molar-refractivity contribution is -0.123. The maximum absolute atomic E-state index is 13.0. The molecule has 0 fully saturated rings. The lowest BCUT2D eigenvalue weighted by Crippen LogP contribution is -2.49. The van der Waals surface area contributed by atoms with Crippen LogP contribution in [0.3, 0.4) is 0 Å². The monoisotopic (exact) mass is 452 g/mol. The van der Waals surface area contributed by atoms with Gasteiger partial charge in [0.2, 0.25) is 5.91 Å². The SMILES string of the molecule is Cc1cc(C)n(CC(C)CNC(=O)C(Cc2ccccc2)NC(=O)c2ccc(Cl)cc2)n1. The van der Waals surface area contributed by atoms with E-state index < -0.39 is 6.04 Å². The van der Waals surface area contributed by atoms with Gasteiger partial charge < -0.3 is 10.6 Å². The average Bonchev–Trinajstić information content (AvgIpc) is 3.09. The number of hydrogen-bond donors (Lipinski definition) is 2. The number of carbonyl (C=O) groups excluding carboxylic acids is 2. The minimum Gasteiger partial charge on any atom is -0.354 e. The maximum atomic E-state index is 13.0. The molecule has 1 heterocycles. The number of benzene rings is 2. The first-order valence-corrected chi connectivity index (χ1v) is 11.1. The molecule has 0 aliphatic rings. The molecule has 0 saturated carbocycles. The van der Waals surface area contributed by atoms with Gasteiger partial charge in [-0.25, -0.2) is 0 Å². The molecule has 2 unspecified atom stereocenters. The third-order valence-corrected chi connectivity index (χ3v) is 5.48. The highest BCUT2D eigenvalue weighted by Gasteiger charge is 2.22. The van der Waals surface area contributed by atoms with Crippen LogP contribution in [0.2, 0.25) is 5.02 Å². The molecule has 2 atom stereocenters. The van der Waals surface area contributed by atoms with Gasteiger partial charge >= 0.3 is 0 Å². The van der Waals surface area contributed by atoms with E-state index in [9.17, 15) is 9.59 Å². The van der Waals surface area contributed by atoms with Crippen LogP contribution in [0.1, 0.15) is 34.2 Å². The Morgan fingerprint density at radius 3 is 2.38 bits per heavy atom. The van der Waals surface area contributed by atoms with Gasteiger partial charge in [0.1, 0.15) is 6.04 Å². The Morgan fingerprint density at radius 2 is 1.75 bits per heavy atom. The van der Waals surface area contributed by atoms with Crippen molar-refractivity contribution in [2.75, 3.05) is 6.54 Å². The zero-order valence-corrected chi connectivity index (χ0v) is 19.4. The summed E-state index contributed by atoms with van der Waals surface area (Å²) in [6, 6.07) is 17.6. The minimum absolute atomic E-state index is 0.182. The van der Waals surface area contributed by atoms with Crippen molar-refractivity contribution in [3.8, 4) is 0 Å². The van der Waals surface area contributed by atoms with Crippen LogP contribution in [0.4, 0.5) is 0 Å². The van der Waals surface area contributed by atoms with E-state index >= 15 is 0 Å². The summed E-state index contributed by atoms with van der Waals surface area (Å²) >= 11 is 5.92. The first kappa shape index (κ1) is 23.5. The molecule has 3 rings (SSSR count). The van der Waals surface area contributed by atoms with Crippen LogP contribution in [-0.2, 0) is 17.8 Å². The van der Waals surface area contributed by atoms with Crippen molar-refractivity contribution in [3.05, 3.63) is 88.2 Å². The van der Waals surface area contributed by atoms with Crippen molar-refractivity contribution in [3.63, 3.8) is 0 Å². The van der Waals surface area contributed by atoms with Crippen LogP contribution in [0.15, 0.2) is 60.7 Å². The molecule has 32 heavy (non-hydrogen) atoms. The molecule has 0 saturated heterocycles. The summed E-state index contributed by atoms with van der Waals surface area (Å²) in [5.41, 5.74) is 3.50. The van der Waals surface area contributed by atoms with Gasteiger partial charge in [0, 0.05) is 35.8 Å². The summed E-state index contributed by atoms with van der Waals surface area (Å²) in [4.78, 5) is 25.8. The van der Waals surface area contributed by atoms with Gasteiger partial charge in [-0.2, -0.15) is 5.10 Å². The van der Waals surface area contributed by atoms with Crippen LogP contribution >= 0.6 is 11.6 Å². The highest BCUT2D eigenvalue weighted by atomic mass is 35.5. The number of aryl methyl sites for hydroxylation is 2. The van der Waals surface area contributed by atoms with Gasteiger partial charge in [-0.3, -0.25) is 14.3 Å². The lowest BCUT2D eigenvalue weighted by atomic mass is 10.0. The second kappa shape index (κ2) is 11.0. The second-order valence-electron chi connectivity index (χ2n) is 8.18. The van der Waals surface area contributed by atoms with Gasteiger partial charge in [0.25, 0.3) is 5.91 Å². The third-order valence-electron chi connectivity index (χ3n) is 5.22. The fourth-order valence-electron chi connectivity index (χ4n) is 3.52. The van der Waals surface area contributed by atoms with E-state index in [1.54, 1.807) is 24.3 Å². The fourth-order valence-corrected chi connectivity index (χ4v) is 3.65. The topological polar surface area (TPSA) is 76.0 Å². The molecule has 0 bridgehead atoms. The number of nitrogens with zero attached hydrogens (tertiary/aromatic N) is 2. The van der Waals surface area contributed by atoms with Crippen molar-refractivity contribution in [1.29, 1.82) is 0 Å². The molecular weight excluding hydrogens is 424 g/mol. The highest BCUT2D eigenvalue weighted by Crippen LogP contribution is 2.11. The molecule has 2 amide bonds. The zero-order valence-electron chi connectivity index (χ0n) is 18.6. The van der Waals surface area contributed by atoms with Crippen molar-refractivity contribution >= 4 is 23.4 Å². The van der Waals surface area contributed by atoms with Gasteiger partial charge in [-0.15, -0.1) is 0 Å². The Kier molecular flexibility index (Phi) is 8.06. The Bertz CT molecular complexity index is 1050. The van der Waals surface area contributed by atoms with E-state index in [4.69, 9.17) is 11.6 Å². The van der Waals surface area contributed by atoms with Crippen molar-refractivity contribution in [2.24, 2.45) is 5.92 Å². The molecule has 0 aliphatic heterocycles. The number of rotatable bonds is 9. The number of aromatic nitrogens is 2. The first-order chi connectivity index (χ1) is 15.3. The molecule has 0 spiro atoms. The fraction of sp³-hybridized carbons (Fsp3) is 0.320. The summed E-state index contributed by atoms with van der Waals surface area (Å²) < 4.78 is 1.95. The van der Waals surface area contributed by atoms with Crippen LogP contribution in [0.25, 0.3) is 0 Å².